The van der Waals surface area contributed by atoms with Crippen molar-refractivity contribution >= 4 is 9.04 Å². The maximum absolute atomic E-state index is 5.55. The van der Waals surface area contributed by atoms with E-state index < -0.39 is 9.04 Å². The molecule has 0 fully saturated rings. The molecule has 1 unspecified atom stereocenters. The van der Waals surface area contributed by atoms with Crippen LogP contribution in [-0.2, 0) is 4.43 Å². The first kappa shape index (κ1) is 12.2. The van der Waals surface area contributed by atoms with Gasteiger partial charge in [-0.25, -0.2) is 0 Å². The average molecular weight is 188 g/mol. The molecule has 0 spiro atoms. The van der Waals surface area contributed by atoms with Gasteiger partial charge < -0.3 is 4.43 Å². The van der Waals surface area contributed by atoms with Gasteiger partial charge in [-0.05, 0) is 18.0 Å². The van der Waals surface area contributed by atoms with Gasteiger partial charge in [-0.1, -0.05) is 40.0 Å². The second-order valence-corrected chi connectivity index (χ2v) is 6.75. The van der Waals surface area contributed by atoms with Crippen molar-refractivity contribution in [3.8, 4) is 0 Å². The zero-order valence-corrected chi connectivity index (χ0v) is 10.3. The molecule has 0 bridgehead atoms. The molecule has 0 aliphatic carbocycles. The third-order valence-corrected chi connectivity index (χ3v) is 5.38. The molecule has 0 aromatic rings. The smallest absolute Gasteiger partial charge is 0.176 e. The molecule has 1 nitrogen and oxygen atoms in total. The first-order chi connectivity index (χ1) is 5.70. The van der Waals surface area contributed by atoms with Gasteiger partial charge in [0.05, 0.1) is 0 Å². The normalized spacial score (nSPS) is 13.8. The third-order valence-electron chi connectivity index (χ3n) is 2.20. The van der Waals surface area contributed by atoms with Crippen molar-refractivity contribution in [2.45, 2.75) is 52.1 Å². The summed E-state index contributed by atoms with van der Waals surface area (Å²) in [5, 5.41) is 0. The van der Waals surface area contributed by atoms with Crippen LogP contribution >= 0.6 is 0 Å². The van der Waals surface area contributed by atoms with E-state index in [1.807, 2.05) is 7.11 Å². The largest absolute Gasteiger partial charge is 0.423 e. The molecule has 0 aromatic carbocycles. The highest BCUT2D eigenvalue weighted by Gasteiger charge is 2.11. The highest BCUT2D eigenvalue weighted by molar-refractivity contribution is 6.51. The van der Waals surface area contributed by atoms with Crippen molar-refractivity contribution in [2.75, 3.05) is 7.11 Å². The predicted octanol–water partition coefficient (Wildman–Crippen LogP) is 3.20. The van der Waals surface area contributed by atoms with Crippen molar-refractivity contribution in [3.05, 3.63) is 0 Å². The van der Waals surface area contributed by atoms with Crippen LogP contribution in [0.1, 0.15) is 40.0 Å². The second kappa shape index (κ2) is 7.81. The zero-order chi connectivity index (χ0) is 9.40. The minimum atomic E-state index is -0.802. The van der Waals surface area contributed by atoms with Gasteiger partial charge in [0, 0.05) is 7.11 Å². The third kappa shape index (κ3) is 6.86. The van der Waals surface area contributed by atoms with E-state index in [-0.39, 0.29) is 0 Å². The lowest BCUT2D eigenvalue weighted by Crippen LogP contribution is -2.17. The summed E-state index contributed by atoms with van der Waals surface area (Å²) in [4.78, 5) is 0. The topological polar surface area (TPSA) is 9.23 Å². The zero-order valence-electron chi connectivity index (χ0n) is 9.10. The fourth-order valence-electron chi connectivity index (χ4n) is 1.48. The van der Waals surface area contributed by atoms with Crippen LogP contribution in [0.2, 0.25) is 12.1 Å². The second-order valence-electron chi connectivity index (χ2n) is 3.98. The summed E-state index contributed by atoms with van der Waals surface area (Å²) in [6.07, 6.45) is 4.09. The lowest BCUT2D eigenvalue weighted by atomic mass is 10.3. The Hall–Kier alpha value is 0.177. The van der Waals surface area contributed by atoms with Gasteiger partial charge in [0.1, 0.15) is 0 Å². The highest BCUT2D eigenvalue weighted by Crippen LogP contribution is 2.13. The Bertz CT molecular complexity index is 93.8. The molecule has 0 aromatic heterocycles. The minimum absolute atomic E-state index is 0.802. The van der Waals surface area contributed by atoms with Crippen molar-refractivity contribution in [3.63, 3.8) is 0 Å². The van der Waals surface area contributed by atoms with Crippen LogP contribution < -0.4 is 0 Å². The summed E-state index contributed by atoms with van der Waals surface area (Å²) >= 11 is 0. The van der Waals surface area contributed by atoms with Crippen LogP contribution in [0.25, 0.3) is 0 Å². The number of hydrogen-bond acceptors (Lipinski definition) is 1. The summed E-state index contributed by atoms with van der Waals surface area (Å²) in [6.45, 7) is 6.84. The van der Waals surface area contributed by atoms with E-state index in [0.29, 0.717) is 0 Å². The number of rotatable bonds is 7. The number of hydrogen-bond donors (Lipinski definition) is 0. The average Bonchev–Trinajstić information content (AvgIpc) is 2.02. The summed E-state index contributed by atoms with van der Waals surface area (Å²) < 4.78 is 5.55. The maximum Gasteiger partial charge on any atom is 0.176 e. The van der Waals surface area contributed by atoms with E-state index in [4.69, 9.17) is 4.43 Å². The molecule has 0 aliphatic rings. The molecule has 0 radical (unpaired) electrons. The molecule has 0 rings (SSSR count). The first-order valence-corrected chi connectivity index (χ1v) is 7.33. The lowest BCUT2D eigenvalue weighted by molar-refractivity contribution is 0.408. The Morgan fingerprint density at radius 2 is 1.92 bits per heavy atom. The van der Waals surface area contributed by atoms with Crippen molar-refractivity contribution < 1.29 is 4.43 Å². The van der Waals surface area contributed by atoms with E-state index in [0.717, 1.165) is 5.92 Å². The lowest BCUT2D eigenvalue weighted by Gasteiger charge is -2.14. The SMILES string of the molecule is CCCCC[SiH](CC(C)C)OC. The highest BCUT2D eigenvalue weighted by atomic mass is 28.3. The molecule has 1 atom stereocenters. The Kier molecular flexibility index (Phi) is 7.92. The summed E-state index contributed by atoms with van der Waals surface area (Å²) in [7, 11) is 1.09. The summed E-state index contributed by atoms with van der Waals surface area (Å²) in [5.74, 6) is 0.822. The fourth-order valence-corrected chi connectivity index (χ4v) is 3.94. The predicted molar refractivity (Wildman–Crippen MR) is 58.1 cm³/mol. The Morgan fingerprint density at radius 3 is 2.33 bits per heavy atom. The van der Waals surface area contributed by atoms with E-state index in [1.165, 1.54) is 31.4 Å². The molecule has 0 saturated carbocycles. The minimum Gasteiger partial charge on any atom is -0.423 e. The Balaban J connectivity index is 3.39. The Labute approximate surface area is 79.2 Å². The Morgan fingerprint density at radius 1 is 1.25 bits per heavy atom. The molecule has 0 heterocycles. The van der Waals surface area contributed by atoms with Crippen molar-refractivity contribution in [1.29, 1.82) is 0 Å². The van der Waals surface area contributed by atoms with Gasteiger partial charge in [-0.3, -0.25) is 0 Å². The van der Waals surface area contributed by atoms with Crippen molar-refractivity contribution in [1.82, 2.24) is 0 Å². The van der Waals surface area contributed by atoms with E-state index in [9.17, 15) is 0 Å². The molecule has 0 saturated heterocycles. The van der Waals surface area contributed by atoms with Crippen LogP contribution in [-0.4, -0.2) is 16.2 Å². The quantitative estimate of drug-likeness (QED) is 0.440. The maximum atomic E-state index is 5.55. The molecule has 74 valence electrons. The molecular formula is C10H24OSi. The van der Waals surface area contributed by atoms with Crippen LogP contribution in [0.15, 0.2) is 0 Å². The first-order valence-electron chi connectivity index (χ1n) is 5.23. The molecule has 12 heavy (non-hydrogen) atoms. The van der Waals surface area contributed by atoms with E-state index >= 15 is 0 Å². The van der Waals surface area contributed by atoms with Crippen LogP contribution in [0.4, 0.5) is 0 Å². The monoisotopic (exact) mass is 188 g/mol. The molecule has 0 N–H and O–H groups in total. The van der Waals surface area contributed by atoms with Gasteiger partial charge in [0.2, 0.25) is 0 Å². The van der Waals surface area contributed by atoms with Crippen LogP contribution in [0.3, 0.4) is 0 Å². The summed E-state index contributed by atoms with van der Waals surface area (Å²) in [6, 6.07) is 2.72. The van der Waals surface area contributed by atoms with Gasteiger partial charge in [0.15, 0.2) is 9.04 Å². The molecule has 0 aliphatic heterocycles. The summed E-state index contributed by atoms with van der Waals surface area (Å²) in [5.41, 5.74) is 0. The van der Waals surface area contributed by atoms with Crippen molar-refractivity contribution in [2.24, 2.45) is 5.92 Å². The standard InChI is InChI=1S/C10H24OSi/c1-5-6-7-8-12(11-4)9-10(2)3/h10,12H,5-9H2,1-4H3. The van der Waals surface area contributed by atoms with E-state index in [1.54, 1.807) is 0 Å². The molecule has 0 amide bonds. The van der Waals surface area contributed by atoms with Gasteiger partial charge in [-0.15, -0.1) is 0 Å². The van der Waals surface area contributed by atoms with Crippen LogP contribution in [0, 0.1) is 5.92 Å². The fraction of sp³-hybridized carbons (Fsp3) is 1.00. The van der Waals surface area contributed by atoms with Gasteiger partial charge >= 0.3 is 0 Å². The molecular weight excluding hydrogens is 164 g/mol. The van der Waals surface area contributed by atoms with Crippen LogP contribution in [0.5, 0.6) is 0 Å². The van der Waals surface area contributed by atoms with Gasteiger partial charge in [-0.2, -0.15) is 0 Å². The molecule has 2 heteroatoms. The number of unbranched alkanes of at least 4 members (excludes halogenated alkanes) is 2. The van der Waals surface area contributed by atoms with Gasteiger partial charge in [0.25, 0.3) is 0 Å². The van der Waals surface area contributed by atoms with E-state index in [2.05, 4.69) is 20.8 Å².